The second kappa shape index (κ2) is 9.15. The number of aryl methyl sites for hydroxylation is 1. The van der Waals surface area contributed by atoms with E-state index in [0.717, 1.165) is 0 Å². The van der Waals surface area contributed by atoms with E-state index in [9.17, 15) is 0 Å². The van der Waals surface area contributed by atoms with Gasteiger partial charge in [0.05, 0.1) is 10.9 Å². The van der Waals surface area contributed by atoms with E-state index in [1.54, 1.807) is 0 Å². The Labute approximate surface area is 190 Å². The van der Waals surface area contributed by atoms with Crippen LogP contribution in [0.5, 0.6) is 0 Å². The molecule has 0 spiro atoms. The highest BCUT2D eigenvalue weighted by Gasteiger charge is 2.24. The molecule has 1 aromatic heterocycles. The maximum atomic E-state index is 2.44. The second-order valence-corrected chi connectivity index (χ2v) is 10.7. The van der Waals surface area contributed by atoms with Crippen molar-refractivity contribution >= 4 is 10.8 Å². The van der Waals surface area contributed by atoms with Crippen LogP contribution in [0.3, 0.4) is 0 Å². The molecule has 0 atom stereocenters. The summed E-state index contributed by atoms with van der Waals surface area (Å²) in [4.78, 5) is 0. The Bertz CT molecular complexity index is 1060. The topological polar surface area (TPSA) is 3.88 Å². The minimum absolute atomic E-state index is 0.515. The average Bonchev–Trinajstić information content (AvgIpc) is 2.67. The highest BCUT2D eigenvalue weighted by Crippen LogP contribution is 2.37. The summed E-state index contributed by atoms with van der Waals surface area (Å²) in [6.45, 7) is 20.9. The molecule has 3 rings (SSSR count). The molecule has 1 heteroatoms. The predicted octanol–water partition coefficient (Wildman–Crippen LogP) is 8.28. The van der Waals surface area contributed by atoms with E-state index in [1.807, 2.05) is 0 Å². The minimum atomic E-state index is 0.515. The first-order valence-electron chi connectivity index (χ1n) is 12.1. The van der Waals surface area contributed by atoms with Crippen molar-refractivity contribution in [2.24, 2.45) is 18.9 Å². The molecular formula is C30H42N+. The smallest absolute Gasteiger partial charge is 0.200 e. The lowest BCUT2D eigenvalue weighted by molar-refractivity contribution is -0.659. The van der Waals surface area contributed by atoms with Crippen molar-refractivity contribution in [1.29, 1.82) is 0 Å². The van der Waals surface area contributed by atoms with E-state index >= 15 is 0 Å². The van der Waals surface area contributed by atoms with Gasteiger partial charge in [0.15, 0.2) is 6.20 Å². The molecule has 0 fully saturated rings. The first kappa shape index (κ1) is 23.5. The number of hydrogen-bond donors (Lipinski definition) is 0. The van der Waals surface area contributed by atoms with E-state index in [1.165, 1.54) is 44.3 Å². The van der Waals surface area contributed by atoms with Crippen molar-refractivity contribution in [3.05, 3.63) is 64.8 Å². The molecule has 0 bridgehead atoms. The monoisotopic (exact) mass is 416 g/mol. The Morgan fingerprint density at radius 2 is 1.35 bits per heavy atom. The Balaban J connectivity index is 2.30. The van der Waals surface area contributed by atoms with Gasteiger partial charge in [0.25, 0.3) is 0 Å². The molecule has 31 heavy (non-hydrogen) atoms. The minimum Gasteiger partial charge on any atom is -0.200 e. The third-order valence-corrected chi connectivity index (χ3v) is 7.00. The Morgan fingerprint density at radius 3 is 1.90 bits per heavy atom. The van der Waals surface area contributed by atoms with Crippen molar-refractivity contribution in [2.45, 2.75) is 80.1 Å². The van der Waals surface area contributed by atoms with Gasteiger partial charge in [0, 0.05) is 6.07 Å². The third kappa shape index (κ3) is 4.56. The summed E-state index contributed by atoms with van der Waals surface area (Å²) >= 11 is 0. The van der Waals surface area contributed by atoms with Gasteiger partial charge in [-0.2, -0.15) is 0 Å². The molecule has 1 heterocycles. The van der Waals surface area contributed by atoms with Gasteiger partial charge in [-0.05, 0) is 76.3 Å². The normalized spacial score (nSPS) is 12.4. The summed E-state index contributed by atoms with van der Waals surface area (Å²) in [7, 11) is 2.18. The average molecular weight is 417 g/mol. The first-order valence-corrected chi connectivity index (χ1v) is 12.1. The summed E-state index contributed by atoms with van der Waals surface area (Å²) in [6, 6.07) is 14.3. The van der Waals surface area contributed by atoms with Gasteiger partial charge in [0.1, 0.15) is 7.05 Å². The van der Waals surface area contributed by atoms with E-state index < -0.39 is 0 Å². The number of pyridine rings is 1. The standard InChI is InChI=1S/C30H42N/c1-18(2)25-16-27(19(3)4)22(9)28(17-25)30-26-12-11-24(29(20(5)6)21(7)8)15-23(26)13-14-31(30)10/h11-21,29H,1-10H3/q+1. The predicted molar refractivity (Wildman–Crippen MR) is 136 cm³/mol. The van der Waals surface area contributed by atoms with Crippen LogP contribution in [0.4, 0.5) is 0 Å². The van der Waals surface area contributed by atoms with Crippen LogP contribution < -0.4 is 4.57 Å². The third-order valence-electron chi connectivity index (χ3n) is 7.00. The van der Waals surface area contributed by atoms with Gasteiger partial charge >= 0.3 is 0 Å². The maximum absolute atomic E-state index is 2.44. The van der Waals surface area contributed by atoms with Gasteiger partial charge < -0.3 is 0 Å². The van der Waals surface area contributed by atoms with Crippen LogP contribution >= 0.6 is 0 Å². The molecule has 0 aliphatic rings. The number of hydrogen-bond acceptors (Lipinski definition) is 0. The quantitative estimate of drug-likeness (QED) is 0.356. The number of rotatable bonds is 6. The first-order chi connectivity index (χ1) is 14.5. The lowest BCUT2D eigenvalue weighted by atomic mass is 9.79. The lowest BCUT2D eigenvalue weighted by Gasteiger charge is -2.25. The largest absolute Gasteiger partial charge is 0.220 e. The SMILES string of the molecule is Cc1c(-c2c3ccc(C(C(C)C)C(C)C)cc3cc[n+]2C)cc(C(C)C)cc1C(C)C. The van der Waals surface area contributed by atoms with E-state index in [-0.39, 0.29) is 0 Å². The molecule has 166 valence electrons. The fourth-order valence-electron chi connectivity index (χ4n) is 5.41. The summed E-state index contributed by atoms with van der Waals surface area (Å²) in [5, 5.41) is 2.69. The zero-order valence-corrected chi connectivity index (χ0v) is 21.4. The lowest BCUT2D eigenvalue weighted by Crippen LogP contribution is -2.31. The molecule has 0 saturated carbocycles. The van der Waals surface area contributed by atoms with Crippen molar-refractivity contribution in [1.82, 2.24) is 0 Å². The van der Waals surface area contributed by atoms with Crippen molar-refractivity contribution in [2.75, 3.05) is 0 Å². The van der Waals surface area contributed by atoms with Crippen molar-refractivity contribution in [3.63, 3.8) is 0 Å². The van der Waals surface area contributed by atoms with E-state index in [2.05, 4.69) is 117 Å². The Kier molecular flexibility index (Phi) is 6.94. The molecule has 0 aliphatic carbocycles. The summed E-state index contributed by atoms with van der Waals surface area (Å²) in [5.41, 5.74) is 8.48. The molecular weight excluding hydrogens is 374 g/mol. The Hall–Kier alpha value is -2.15. The van der Waals surface area contributed by atoms with Crippen LogP contribution in [0.1, 0.15) is 95.4 Å². The van der Waals surface area contributed by atoms with Gasteiger partial charge in [-0.15, -0.1) is 0 Å². The Morgan fingerprint density at radius 1 is 0.710 bits per heavy atom. The molecule has 0 aliphatic heterocycles. The zero-order chi connectivity index (χ0) is 23.0. The summed E-state index contributed by atoms with van der Waals surface area (Å²) in [6.07, 6.45) is 2.23. The molecule has 2 aromatic carbocycles. The molecule has 0 radical (unpaired) electrons. The molecule has 0 amide bonds. The number of fused-ring (bicyclic) bond motifs is 1. The number of nitrogens with zero attached hydrogens (tertiary/aromatic N) is 1. The van der Waals surface area contributed by atoms with Crippen LogP contribution in [-0.2, 0) is 7.05 Å². The van der Waals surface area contributed by atoms with Gasteiger partial charge in [0.2, 0.25) is 5.69 Å². The van der Waals surface area contributed by atoms with Crippen LogP contribution in [0.15, 0.2) is 42.6 Å². The highest BCUT2D eigenvalue weighted by atomic mass is 14.9. The van der Waals surface area contributed by atoms with Crippen LogP contribution in [0.25, 0.3) is 22.0 Å². The fourth-order valence-corrected chi connectivity index (χ4v) is 5.41. The second-order valence-electron chi connectivity index (χ2n) is 10.7. The maximum Gasteiger partial charge on any atom is 0.220 e. The van der Waals surface area contributed by atoms with Gasteiger partial charge in [-0.3, -0.25) is 0 Å². The molecule has 0 N–H and O–H groups in total. The zero-order valence-electron chi connectivity index (χ0n) is 21.4. The molecule has 3 aromatic rings. The number of aromatic nitrogens is 1. The van der Waals surface area contributed by atoms with Crippen molar-refractivity contribution < 1.29 is 4.57 Å². The van der Waals surface area contributed by atoms with Crippen LogP contribution in [0, 0.1) is 18.8 Å². The van der Waals surface area contributed by atoms with Crippen LogP contribution in [0.2, 0.25) is 0 Å². The fraction of sp³-hybridized carbons (Fsp3) is 0.500. The summed E-state index contributed by atoms with van der Waals surface area (Å²) in [5.74, 6) is 2.88. The molecule has 0 saturated heterocycles. The summed E-state index contributed by atoms with van der Waals surface area (Å²) < 4.78 is 2.31. The van der Waals surface area contributed by atoms with E-state index in [4.69, 9.17) is 0 Å². The van der Waals surface area contributed by atoms with Crippen LogP contribution in [-0.4, -0.2) is 0 Å². The van der Waals surface area contributed by atoms with Gasteiger partial charge in [-0.25, -0.2) is 4.57 Å². The van der Waals surface area contributed by atoms with Crippen molar-refractivity contribution in [3.8, 4) is 11.3 Å². The highest BCUT2D eigenvalue weighted by molar-refractivity contribution is 5.94. The molecule has 0 unspecified atom stereocenters. The van der Waals surface area contributed by atoms with E-state index in [0.29, 0.717) is 29.6 Å². The number of benzene rings is 2. The molecule has 1 nitrogen and oxygen atoms in total. The van der Waals surface area contributed by atoms with Gasteiger partial charge in [-0.1, -0.05) is 73.6 Å².